The Balaban J connectivity index is 3.26. The number of aromatic amines is 1. The third kappa shape index (κ3) is 0.970. The molecule has 0 radical (unpaired) electrons. The van der Waals surface area contributed by atoms with Gasteiger partial charge >= 0.3 is 5.69 Å². The Kier molecular flexibility index (Phi) is 1.51. The zero-order chi connectivity index (χ0) is 9.42. The lowest BCUT2D eigenvalue weighted by Gasteiger charge is -1.90. The van der Waals surface area contributed by atoms with Crippen molar-refractivity contribution < 1.29 is 0 Å². The molecule has 2 aromatic rings. The lowest BCUT2D eigenvalue weighted by Crippen LogP contribution is -2.37. The number of fused-ring (bicyclic) bond motifs is 1. The van der Waals surface area contributed by atoms with Crippen molar-refractivity contribution in [1.82, 2.24) is 14.4 Å². The van der Waals surface area contributed by atoms with E-state index in [1.165, 1.54) is 16.8 Å². The van der Waals surface area contributed by atoms with Gasteiger partial charge in [-0.3, -0.25) is 14.2 Å². The third-order valence-corrected chi connectivity index (χ3v) is 1.85. The van der Waals surface area contributed by atoms with Gasteiger partial charge in [0.2, 0.25) is 0 Å². The SMILES string of the molecule is C/C=c1/c(=O)[nH]c(=O)n2ccnc12. The summed E-state index contributed by atoms with van der Waals surface area (Å²) >= 11 is 0. The highest BCUT2D eigenvalue weighted by Crippen LogP contribution is 1.83. The summed E-state index contributed by atoms with van der Waals surface area (Å²) in [4.78, 5) is 28.5. The maximum absolute atomic E-state index is 11.2. The fourth-order valence-corrected chi connectivity index (χ4v) is 1.25. The Hall–Kier alpha value is -1.91. The van der Waals surface area contributed by atoms with Crippen LogP contribution in [0.25, 0.3) is 11.7 Å². The summed E-state index contributed by atoms with van der Waals surface area (Å²) in [5.74, 6) is 0. The molecule has 0 unspecified atom stereocenters. The molecule has 5 nitrogen and oxygen atoms in total. The topological polar surface area (TPSA) is 67.2 Å². The lowest BCUT2D eigenvalue weighted by atomic mass is 10.4. The highest BCUT2D eigenvalue weighted by molar-refractivity contribution is 5.43. The Bertz CT molecular complexity index is 608. The molecule has 0 aliphatic rings. The molecule has 0 saturated heterocycles. The molecule has 2 rings (SSSR count). The van der Waals surface area contributed by atoms with E-state index in [-0.39, 0.29) is 0 Å². The minimum atomic E-state index is -0.455. The predicted molar refractivity (Wildman–Crippen MR) is 47.4 cm³/mol. The fourth-order valence-electron chi connectivity index (χ4n) is 1.25. The summed E-state index contributed by atoms with van der Waals surface area (Å²) < 4.78 is 1.30. The van der Waals surface area contributed by atoms with Crippen LogP contribution in [0.4, 0.5) is 0 Å². The molecule has 0 aliphatic heterocycles. The fraction of sp³-hybridized carbons (Fsp3) is 0.125. The smallest absolute Gasteiger partial charge is 0.273 e. The van der Waals surface area contributed by atoms with Crippen LogP contribution in [-0.2, 0) is 0 Å². The van der Waals surface area contributed by atoms with Gasteiger partial charge in [-0.1, -0.05) is 6.08 Å². The second-order valence-electron chi connectivity index (χ2n) is 2.58. The summed E-state index contributed by atoms with van der Waals surface area (Å²) in [5.41, 5.74) is -0.453. The molecule has 0 aliphatic carbocycles. The molecule has 0 aromatic carbocycles. The second-order valence-corrected chi connectivity index (χ2v) is 2.58. The zero-order valence-electron chi connectivity index (χ0n) is 6.94. The number of nitrogens with zero attached hydrogens (tertiary/aromatic N) is 2. The van der Waals surface area contributed by atoms with E-state index in [1.807, 2.05) is 0 Å². The average molecular weight is 177 g/mol. The maximum atomic E-state index is 11.2. The van der Waals surface area contributed by atoms with Gasteiger partial charge in [0.1, 0.15) is 0 Å². The Labute approximate surface area is 72.4 Å². The van der Waals surface area contributed by atoms with Crippen molar-refractivity contribution >= 4 is 11.7 Å². The summed E-state index contributed by atoms with van der Waals surface area (Å²) in [5, 5.41) is 0.421. The molecule has 66 valence electrons. The van der Waals surface area contributed by atoms with E-state index in [9.17, 15) is 9.59 Å². The minimum absolute atomic E-state index is 0.397. The van der Waals surface area contributed by atoms with Gasteiger partial charge in [-0.05, 0) is 6.92 Å². The van der Waals surface area contributed by atoms with Gasteiger partial charge in [0.15, 0.2) is 5.65 Å². The van der Waals surface area contributed by atoms with Crippen LogP contribution in [0.3, 0.4) is 0 Å². The number of rotatable bonds is 0. The van der Waals surface area contributed by atoms with Crippen molar-refractivity contribution in [2.24, 2.45) is 0 Å². The van der Waals surface area contributed by atoms with Crippen LogP contribution in [0.2, 0.25) is 0 Å². The number of nitrogens with one attached hydrogen (secondary N) is 1. The molecule has 2 aromatic heterocycles. The van der Waals surface area contributed by atoms with Crippen LogP contribution in [0.1, 0.15) is 6.92 Å². The van der Waals surface area contributed by atoms with Crippen LogP contribution < -0.4 is 16.5 Å². The molecule has 0 fully saturated rings. The van der Waals surface area contributed by atoms with Crippen molar-refractivity contribution in [3.8, 4) is 0 Å². The number of H-pyrrole nitrogens is 1. The van der Waals surface area contributed by atoms with Crippen molar-refractivity contribution in [2.75, 3.05) is 0 Å². The zero-order valence-corrected chi connectivity index (χ0v) is 6.94. The van der Waals surface area contributed by atoms with E-state index in [0.717, 1.165) is 0 Å². The van der Waals surface area contributed by atoms with Gasteiger partial charge in [0.05, 0.1) is 5.22 Å². The minimum Gasteiger partial charge on any atom is -0.273 e. The van der Waals surface area contributed by atoms with Gasteiger partial charge < -0.3 is 0 Å². The molecule has 5 heteroatoms. The molecule has 2 heterocycles. The molecule has 13 heavy (non-hydrogen) atoms. The van der Waals surface area contributed by atoms with Gasteiger partial charge in [-0.15, -0.1) is 0 Å². The van der Waals surface area contributed by atoms with Crippen molar-refractivity contribution in [3.63, 3.8) is 0 Å². The highest BCUT2D eigenvalue weighted by atomic mass is 16.2. The molecule has 0 bridgehead atoms. The summed E-state index contributed by atoms with van der Waals surface area (Å²) in [6.45, 7) is 1.73. The molecule has 0 saturated carbocycles. The van der Waals surface area contributed by atoms with Crippen molar-refractivity contribution in [1.29, 1.82) is 0 Å². The van der Waals surface area contributed by atoms with E-state index >= 15 is 0 Å². The summed E-state index contributed by atoms with van der Waals surface area (Å²) in [7, 11) is 0. The van der Waals surface area contributed by atoms with Gasteiger partial charge in [0.25, 0.3) is 5.56 Å². The summed E-state index contributed by atoms with van der Waals surface area (Å²) in [6, 6.07) is 0. The van der Waals surface area contributed by atoms with E-state index in [2.05, 4.69) is 9.97 Å². The van der Waals surface area contributed by atoms with Crippen LogP contribution in [0, 0.1) is 0 Å². The normalized spacial score (nSPS) is 12.5. The second kappa shape index (κ2) is 2.55. The molecular weight excluding hydrogens is 170 g/mol. The third-order valence-electron chi connectivity index (χ3n) is 1.85. The Morgan fingerprint density at radius 1 is 1.54 bits per heavy atom. The first-order valence-corrected chi connectivity index (χ1v) is 3.79. The lowest BCUT2D eigenvalue weighted by molar-refractivity contribution is 0.964. The molecule has 0 atom stereocenters. The van der Waals surface area contributed by atoms with Crippen molar-refractivity contribution in [2.45, 2.75) is 6.92 Å². The van der Waals surface area contributed by atoms with Gasteiger partial charge in [-0.25, -0.2) is 9.78 Å². The van der Waals surface area contributed by atoms with Gasteiger partial charge in [0, 0.05) is 12.4 Å². The monoisotopic (exact) mass is 177 g/mol. The highest BCUT2D eigenvalue weighted by Gasteiger charge is 2.01. The number of aromatic nitrogens is 3. The Morgan fingerprint density at radius 2 is 2.31 bits per heavy atom. The molecule has 1 N–H and O–H groups in total. The molecule has 0 amide bonds. The standard InChI is InChI=1S/C8H7N3O2/c1-2-5-6-9-3-4-11(6)8(13)10-7(5)12/h2-4H,1H3,(H,10,12,13)/b5-2+. The largest absolute Gasteiger partial charge is 0.334 e. The first kappa shape index (κ1) is 7.72. The number of hydrogen-bond donors (Lipinski definition) is 1. The van der Waals surface area contributed by atoms with Crippen LogP contribution >= 0.6 is 0 Å². The van der Waals surface area contributed by atoms with Crippen LogP contribution in [0.15, 0.2) is 22.0 Å². The van der Waals surface area contributed by atoms with Crippen LogP contribution in [-0.4, -0.2) is 14.4 Å². The van der Waals surface area contributed by atoms with E-state index < -0.39 is 11.2 Å². The summed E-state index contributed by atoms with van der Waals surface area (Å²) in [6.07, 6.45) is 4.62. The number of imidazole rings is 1. The quantitative estimate of drug-likeness (QED) is 0.555. The Morgan fingerprint density at radius 3 is 3.00 bits per heavy atom. The predicted octanol–water partition coefficient (Wildman–Crippen LogP) is -1.10. The van der Waals surface area contributed by atoms with E-state index in [1.54, 1.807) is 13.0 Å². The van der Waals surface area contributed by atoms with E-state index in [0.29, 0.717) is 10.9 Å². The maximum Gasteiger partial charge on any atom is 0.334 e. The van der Waals surface area contributed by atoms with Crippen LogP contribution in [0.5, 0.6) is 0 Å². The van der Waals surface area contributed by atoms with Gasteiger partial charge in [-0.2, -0.15) is 0 Å². The first-order valence-electron chi connectivity index (χ1n) is 3.79. The first-order chi connectivity index (χ1) is 6.24. The molecular formula is C8H7N3O2. The molecule has 0 spiro atoms. The average Bonchev–Trinajstić information content (AvgIpc) is 2.53. The number of hydrogen-bond acceptors (Lipinski definition) is 3. The van der Waals surface area contributed by atoms with E-state index in [4.69, 9.17) is 0 Å². The van der Waals surface area contributed by atoms with Crippen molar-refractivity contribution in [3.05, 3.63) is 38.5 Å².